The van der Waals surface area contributed by atoms with Crippen LogP contribution in [0.15, 0.2) is 15.8 Å². The van der Waals surface area contributed by atoms with Crippen LogP contribution in [0, 0.1) is 6.85 Å². The van der Waals surface area contributed by atoms with Crippen molar-refractivity contribution in [1.29, 1.82) is 2.86 Å². The summed E-state index contributed by atoms with van der Waals surface area (Å²) in [6.45, 7) is -7.24. The van der Waals surface area contributed by atoms with E-state index in [0.29, 0.717) is 0 Å². The second kappa shape index (κ2) is 4.44. The lowest BCUT2D eigenvalue weighted by Crippen LogP contribution is -2.33. The molecule has 3 N–H and O–H groups in total. The van der Waals surface area contributed by atoms with Crippen molar-refractivity contribution in [1.82, 2.24) is 9.54 Å². The topological polar surface area (TPSA) is 105 Å². The van der Waals surface area contributed by atoms with Crippen LogP contribution in [-0.4, -0.2) is 41.3 Å². The van der Waals surface area contributed by atoms with Crippen LogP contribution in [0.25, 0.3) is 0 Å². The van der Waals surface area contributed by atoms with Gasteiger partial charge in [-0.1, -0.05) is 0 Å². The molecule has 0 amide bonds. The Bertz CT molecular complexity index is 1020. The number of nitrogens with zero attached hydrogens (tertiary/aromatic N) is 1. The maximum absolute atomic E-state index is 12.5. The summed E-state index contributed by atoms with van der Waals surface area (Å²) in [5.41, 5.74) is -5.33. The summed E-state index contributed by atoms with van der Waals surface area (Å²) in [6.07, 6.45) is -17.3. The molecule has 3 atom stereocenters. The molecule has 7 nitrogen and oxygen atoms in total. The molecule has 0 aromatic carbocycles. The third kappa shape index (κ3) is 2.17. The maximum Gasteiger partial charge on any atom is 0.330 e. The first-order chi connectivity index (χ1) is 13.7. The zero-order valence-corrected chi connectivity index (χ0v) is 7.94. The second-order valence-corrected chi connectivity index (χ2v) is 2.81. The van der Waals surface area contributed by atoms with Crippen molar-refractivity contribution in [2.45, 2.75) is 31.6 Å². The molecule has 0 radical (unpaired) electrons. The van der Waals surface area contributed by atoms with E-state index in [4.69, 9.17) is 24.1 Å². The van der Waals surface area contributed by atoms with Crippen molar-refractivity contribution in [2.24, 2.45) is 0 Å². The molecule has 1 aliphatic rings. The van der Waals surface area contributed by atoms with Crippen LogP contribution in [-0.2, 0) is 4.74 Å². The minimum atomic E-state index is -3.95. The van der Waals surface area contributed by atoms with Crippen LogP contribution >= 0.6 is 0 Å². The van der Waals surface area contributed by atoms with E-state index in [9.17, 15) is 9.59 Å². The number of hydrogen-bond donors (Lipinski definition) is 3. The van der Waals surface area contributed by atoms with Crippen molar-refractivity contribution in [3.05, 3.63) is 32.6 Å². The SMILES string of the molecule is [2H]OC([2H])([2H])[C@]1([2H])O[C@]([2H])(n2c([2H])c(C([2H])([2H])[2H])c(=O)n([2H])c2=O)C([2H])([2H])[C@@]1([2H])O[2H]. The Labute approximate surface area is 116 Å². The van der Waals surface area contributed by atoms with E-state index in [1.165, 1.54) is 0 Å². The number of rotatable bonds is 4. The summed E-state index contributed by atoms with van der Waals surface area (Å²) >= 11 is 0. The molecule has 7 heteroatoms. The minimum Gasteiger partial charge on any atom is -0.394 e. The molecule has 1 aliphatic heterocycles. The molecule has 0 unspecified atom stereocenters. The molecule has 1 aromatic heterocycles. The summed E-state index contributed by atoms with van der Waals surface area (Å²) in [5, 5.41) is 7.52. The molecule has 0 aliphatic carbocycles. The highest BCUT2D eigenvalue weighted by Crippen LogP contribution is 2.27. The molecule has 0 bridgehead atoms. The van der Waals surface area contributed by atoms with E-state index in [1.807, 2.05) is 0 Å². The van der Waals surface area contributed by atoms with Crippen LogP contribution in [0.3, 0.4) is 0 Å². The highest BCUT2D eigenvalue weighted by atomic mass is 16.5. The van der Waals surface area contributed by atoms with Gasteiger partial charge in [-0.3, -0.25) is 14.3 Å². The van der Waals surface area contributed by atoms with Crippen molar-refractivity contribution in [3.8, 4) is 0 Å². The van der Waals surface area contributed by atoms with Crippen molar-refractivity contribution >= 4 is 0 Å². The number of ether oxygens (including phenoxy) is 1. The van der Waals surface area contributed by atoms with Gasteiger partial charge in [-0.05, 0) is 6.85 Å². The Morgan fingerprint density at radius 1 is 2.06 bits per heavy atom. The summed E-state index contributed by atoms with van der Waals surface area (Å²) in [5.74, 6) is 0. The van der Waals surface area contributed by atoms with E-state index in [1.54, 1.807) is 0 Å². The molecule has 1 saturated heterocycles. The van der Waals surface area contributed by atoms with Crippen LogP contribution in [0.1, 0.15) is 33.2 Å². The van der Waals surface area contributed by atoms with E-state index >= 15 is 0 Å². The lowest BCUT2D eigenvalue weighted by Gasteiger charge is -2.14. The van der Waals surface area contributed by atoms with Gasteiger partial charge < -0.3 is 15.0 Å². The zero-order chi connectivity index (χ0) is 24.6. The average molecular weight is 256 g/mol. The molecule has 2 rings (SSSR count). The number of aliphatic hydroxyl groups is 2. The van der Waals surface area contributed by atoms with Gasteiger partial charge in [-0.2, -0.15) is 0 Å². The van der Waals surface area contributed by atoms with Gasteiger partial charge in [0.2, 0.25) is 2.86 Å². The summed E-state index contributed by atoms with van der Waals surface area (Å²) in [7, 11) is 0. The predicted molar refractivity (Wildman–Crippen MR) is 57.7 cm³/mol. The van der Waals surface area contributed by atoms with Crippen LogP contribution in [0.5, 0.6) is 0 Å². The van der Waals surface area contributed by atoms with Gasteiger partial charge in [0.1, 0.15) is 12.3 Å². The quantitative estimate of drug-likeness (QED) is 0.607. The highest BCUT2D eigenvalue weighted by molar-refractivity contribution is 5.02. The predicted octanol–water partition coefficient (Wildman–Crippen LogP) is -1.51. The lowest BCUT2D eigenvalue weighted by molar-refractivity contribution is -0.0459. The first-order valence-corrected chi connectivity index (χ1v) is 4.09. The molecule has 94 valence electrons. The number of aromatic amines is 1. The fourth-order valence-corrected chi connectivity index (χ4v) is 1.03. The zero-order valence-electron chi connectivity index (χ0n) is 21.9. The van der Waals surface area contributed by atoms with E-state index < -0.39 is 70.7 Å². The van der Waals surface area contributed by atoms with Crippen LogP contribution in [0.4, 0.5) is 0 Å². The van der Waals surface area contributed by atoms with E-state index in [2.05, 4.69) is 10.2 Å². The molecular weight excluding hydrogens is 228 g/mol. The van der Waals surface area contributed by atoms with Gasteiger partial charge in [-0.25, -0.2) is 4.79 Å². The Kier molecular flexibility index (Phi) is 0.922. The van der Waals surface area contributed by atoms with Gasteiger partial charge in [0.05, 0.1) is 20.9 Å². The van der Waals surface area contributed by atoms with Gasteiger partial charge in [0, 0.05) is 25.0 Å². The number of H-pyrrole nitrogens is 1. The Hall–Kier alpha value is -1.44. The van der Waals surface area contributed by atoms with Crippen molar-refractivity contribution in [2.75, 3.05) is 6.56 Å². The molecule has 2 heterocycles. The first kappa shape index (κ1) is 3.53. The second-order valence-electron chi connectivity index (χ2n) is 2.81. The Morgan fingerprint density at radius 3 is 3.65 bits per heavy atom. The van der Waals surface area contributed by atoms with Crippen molar-refractivity contribution < 1.29 is 31.4 Å². The van der Waals surface area contributed by atoms with Crippen LogP contribution in [0.2, 0.25) is 1.41 Å². The largest absolute Gasteiger partial charge is 0.394 e. The summed E-state index contributed by atoms with van der Waals surface area (Å²) in [6, 6.07) is 0. The molecule has 0 spiro atoms. The number of aromatic nitrogens is 2. The maximum atomic E-state index is 12.5. The van der Waals surface area contributed by atoms with E-state index in [-0.39, 0.29) is 0 Å². The molecule has 1 aromatic rings. The molecule has 17 heavy (non-hydrogen) atoms. The Morgan fingerprint density at radius 2 is 2.94 bits per heavy atom. The number of nitrogens with one attached hydrogen (secondary N) is 1. The molecular formula is C10H14N2O5. The average Bonchev–Trinajstić information content (AvgIpc) is 2.75. The van der Waals surface area contributed by atoms with Crippen molar-refractivity contribution in [3.63, 3.8) is 0 Å². The minimum absolute atomic E-state index is 0.498. The lowest BCUT2D eigenvalue weighted by atomic mass is 10.2. The third-order valence-corrected chi connectivity index (χ3v) is 1.75. The molecule has 1 fully saturated rings. The smallest absolute Gasteiger partial charge is 0.330 e. The standard InChI is InChI=1S/C10H14N2O5/c1-5-3-12(10(16)11-9(5)15)8-2-6(14)7(4-13)17-8/h3,6-8,13-14H,2,4H2,1H3,(H,11,15,16)/t6-,7+,8+/m1/s1/i1D3,2D2,3D,4D2,6D,7D,8D,13D,14D/hD. The molecule has 0 saturated carbocycles. The highest BCUT2D eigenvalue weighted by Gasteiger charge is 2.34. The van der Waals surface area contributed by atoms with Crippen LogP contribution < -0.4 is 11.2 Å². The van der Waals surface area contributed by atoms with Gasteiger partial charge in [0.25, 0.3) is 5.56 Å². The van der Waals surface area contributed by atoms with Gasteiger partial charge in [-0.15, -0.1) is 0 Å². The fraction of sp³-hybridized carbons (Fsp3) is 0.600. The van der Waals surface area contributed by atoms with E-state index in [0.717, 1.165) is 0 Å². The monoisotopic (exact) mass is 256 g/mol. The summed E-state index contributed by atoms with van der Waals surface area (Å²) in [4.78, 5) is 23.9. The third-order valence-electron chi connectivity index (χ3n) is 1.75. The van der Waals surface area contributed by atoms with Gasteiger partial charge in [0.15, 0.2) is 1.41 Å². The Balaban J connectivity index is 3.07. The first-order valence-electron chi connectivity index (χ1n) is 10.9. The summed E-state index contributed by atoms with van der Waals surface area (Å²) < 4.78 is 111. The normalized spacial score (nSPS) is 57.9. The number of hydrogen-bond acceptors (Lipinski definition) is 5. The van der Waals surface area contributed by atoms with Gasteiger partial charge >= 0.3 is 5.69 Å². The fourth-order valence-electron chi connectivity index (χ4n) is 1.03.